The molecule has 0 aliphatic rings. The topological polar surface area (TPSA) is 0 Å². The van der Waals surface area contributed by atoms with Crippen molar-refractivity contribution in [3.05, 3.63) is 0 Å². The second kappa shape index (κ2) is 45.8. The zero-order chi connectivity index (χ0) is 37.7. The summed E-state index contributed by atoms with van der Waals surface area (Å²) in [4.78, 5) is 0. The molecule has 0 aliphatic carbocycles. The molecule has 0 saturated heterocycles. The predicted octanol–water partition coefficient (Wildman–Crippen LogP) is 19.6. The third-order valence-electron chi connectivity index (χ3n) is 13.0. The molecule has 1 heteroatoms. The summed E-state index contributed by atoms with van der Waals surface area (Å²) in [6.45, 7) is 9.37. The molecule has 0 amide bonds. The molecule has 0 atom stereocenters. The summed E-state index contributed by atoms with van der Waals surface area (Å²) in [5, 5.41) is 0. The molecule has 0 aromatic carbocycles. The van der Waals surface area contributed by atoms with Crippen LogP contribution in [-0.4, -0.2) is 24.6 Å². The molecule has 0 fully saturated rings. The van der Waals surface area contributed by atoms with Gasteiger partial charge in [0.25, 0.3) is 0 Å². The second-order valence-corrected chi connectivity index (χ2v) is 23.3. The summed E-state index contributed by atoms with van der Waals surface area (Å²) < 4.78 is 0. The Bertz CT molecular complexity index is 557. The van der Waals surface area contributed by atoms with E-state index in [1.54, 1.807) is 56.8 Å². The Morgan fingerprint density at radius 1 is 0.154 bits per heavy atom. The maximum atomic E-state index is 2.35. The van der Waals surface area contributed by atoms with Gasteiger partial charge in [-0.3, -0.25) is 0 Å². The Morgan fingerprint density at radius 2 is 0.269 bits per heavy atom. The summed E-state index contributed by atoms with van der Waals surface area (Å²) in [7, 11) is -1.16. The Balaban J connectivity index is 4.74. The number of hydrogen-bond donors (Lipinski definition) is 0. The summed E-state index contributed by atoms with van der Waals surface area (Å²) in [5.74, 6) is 0. The summed E-state index contributed by atoms with van der Waals surface area (Å²) in [6, 6.07) is 0. The van der Waals surface area contributed by atoms with Crippen LogP contribution in [0.5, 0.6) is 0 Å². The van der Waals surface area contributed by atoms with Crippen LogP contribution in [0.4, 0.5) is 0 Å². The van der Waals surface area contributed by atoms with Crippen molar-refractivity contribution in [2.45, 2.75) is 304 Å². The quantitative estimate of drug-likeness (QED) is 0.0429. The average molecular weight is 751 g/mol. The molecule has 0 nitrogen and oxygen atoms in total. The van der Waals surface area contributed by atoms with Gasteiger partial charge in [0.15, 0.2) is 0 Å². The van der Waals surface area contributed by atoms with Crippen LogP contribution in [-0.2, 0) is 0 Å². The monoisotopic (exact) mass is 751 g/mol. The minimum atomic E-state index is -1.16. The van der Waals surface area contributed by atoms with Crippen molar-refractivity contribution in [1.82, 2.24) is 0 Å². The van der Waals surface area contributed by atoms with Crippen LogP contribution in [0.2, 0.25) is 0 Å². The van der Waals surface area contributed by atoms with Crippen LogP contribution in [0.1, 0.15) is 304 Å². The van der Waals surface area contributed by atoms with E-state index in [9.17, 15) is 0 Å². The zero-order valence-electron chi connectivity index (χ0n) is 37.7. The molecule has 0 aromatic rings. The van der Waals surface area contributed by atoms with E-state index >= 15 is 0 Å². The van der Waals surface area contributed by atoms with E-state index < -0.39 is 7.26 Å². The molecular weight excluding hydrogens is 644 g/mol. The van der Waals surface area contributed by atoms with E-state index in [-0.39, 0.29) is 0 Å². The molecule has 0 rings (SSSR count). The van der Waals surface area contributed by atoms with Gasteiger partial charge in [-0.15, -0.1) is 0 Å². The van der Waals surface area contributed by atoms with Gasteiger partial charge in [0.2, 0.25) is 0 Å². The fraction of sp³-hybridized carbons (Fsp3) is 1.00. The molecule has 0 aliphatic heterocycles. The normalized spacial score (nSPS) is 12.3. The third kappa shape index (κ3) is 40.1. The SMILES string of the molecule is CCCCCCCCCCCCCCCCCC[PH](CCCCCCCCCCC)(CCCCCCCCCCC)CCCCCCCCCCC. The van der Waals surface area contributed by atoms with Crippen molar-refractivity contribution in [1.29, 1.82) is 0 Å². The van der Waals surface area contributed by atoms with Crippen molar-refractivity contribution >= 4 is 7.26 Å². The van der Waals surface area contributed by atoms with Crippen molar-refractivity contribution in [2.75, 3.05) is 24.6 Å². The predicted molar refractivity (Wildman–Crippen MR) is 249 cm³/mol. The molecular formula is C51H107P. The first-order valence-electron chi connectivity index (χ1n) is 25.7. The van der Waals surface area contributed by atoms with Gasteiger partial charge in [-0.05, 0) is 0 Å². The van der Waals surface area contributed by atoms with Crippen molar-refractivity contribution < 1.29 is 0 Å². The van der Waals surface area contributed by atoms with Gasteiger partial charge in [0, 0.05) is 0 Å². The van der Waals surface area contributed by atoms with Gasteiger partial charge < -0.3 is 0 Å². The molecule has 52 heavy (non-hydrogen) atoms. The van der Waals surface area contributed by atoms with Gasteiger partial charge in [-0.2, -0.15) is 0 Å². The number of rotatable bonds is 47. The molecule has 0 N–H and O–H groups in total. The van der Waals surface area contributed by atoms with Crippen LogP contribution in [0.25, 0.3) is 0 Å². The standard InChI is InChI=1S/C51H107P/c1-5-9-13-17-21-25-26-27-28-29-30-31-35-39-43-47-51-52(48-44-40-36-32-22-18-14-10-6-2,49-45-41-37-33-23-19-15-11-7-3)50-46-42-38-34-24-20-16-12-8-4/h52H,5-51H2,1-4H3. The van der Waals surface area contributed by atoms with E-state index in [1.165, 1.54) is 244 Å². The Morgan fingerprint density at radius 3 is 0.404 bits per heavy atom. The van der Waals surface area contributed by atoms with Crippen LogP contribution >= 0.6 is 7.26 Å². The summed E-state index contributed by atoms with van der Waals surface area (Å²) in [5.41, 5.74) is 0. The van der Waals surface area contributed by atoms with Crippen LogP contribution < -0.4 is 0 Å². The third-order valence-corrected chi connectivity index (χ3v) is 18.6. The van der Waals surface area contributed by atoms with Gasteiger partial charge in [0.1, 0.15) is 0 Å². The molecule has 0 spiro atoms. The van der Waals surface area contributed by atoms with E-state index in [2.05, 4.69) is 27.7 Å². The Hall–Kier alpha value is 0.430. The van der Waals surface area contributed by atoms with Gasteiger partial charge in [-0.1, -0.05) is 39.0 Å². The van der Waals surface area contributed by atoms with Crippen LogP contribution in [0, 0.1) is 0 Å². The Labute approximate surface area is 334 Å². The molecule has 0 aromatic heterocycles. The van der Waals surface area contributed by atoms with Crippen LogP contribution in [0.15, 0.2) is 0 Å². The number of hydrogen-bond acceptors (Lipinski definition) is 0. The van der Waals surface area contributed by atoms with Crippen molar-refractivity contribution in [3.63, 3.8) is 0 Å². The average Bonchev–Trinajstić information content (AvgIpc) is 3.15. The van der Waals surface area contributed by atoms with Crippen molar-refractivity contribution in [2.24, 2.45) is 0 Å². The van der Waals surface area contributed by atoms with Crippen LogP contribution in [0.3, 0.4) is 0 Å². The van der Waals surface area contributed by atoms with E-state index in [0.29, 0.717) is 0 Å². The molecule has 0 unspecified atom stereocenters. The van der Waals surface area contributed by atoms with Gasteiger partial charge in [-0.25, -0.2) is 0 Å². The first-order valence-corrected chi connectivity index (χ1v) is 28.6. The van der Waals surface area contributed by atoms with Gasteiger partial charge >= 0.3 is 297 Å². The van der Waals surface area contributed by atoms with E-state index in [1.807, 2.05) is 0 Å². The molecule has 0 saturated carbocycles. The molecule has 0 bridgehead atoms. The second-order valence-electron chi connectivity index (χ2n) is 18.3. The van der Waals surface area contributed by atoms with E-state index in [0.717, 1.165) is 0 Å². The molecule has 0 heterocycles. The fourth-order valence-corrected chi connectivity index (χ4v) is 14.7. The maximum absolute atomic E-state index is 2.35. The van der Waals surface area contributed by atoms with Gasteiger partial charge in [0.05, 0.1) is 0 Å². The molecule has 0 radical (unpaired) electrons. The number of unbranched alkanes of at least 4 members (excludes halogenated alkanes) is 39. The minimum absolute atomic E-state index is 1.16. The van der Waals surface area contributed by atoms with E-state index in [4.69, 9.17) is 0 Å². The first kappa shape index (κ1) is 52.4. The summed E-state index contributed by atoms with van der Waals surface area (Å²) in [6.07, 6.45) is 71.0. The first-order chi connectivity index (χ1) is 25.7. The Kier molecular flexibility index (Phi) is 46.2. The zero-order valence-corrected chi connectivity index (χ0v) is 38.7. The fourth-order valence-electron chi connectivity index (χ4n) is 9.23. The van der Waals surface area contributed by atoms with Crippen molar-refractivity contribution in [3.8, 4) is 0 Å². The summed E-state index contributed by atoms with van der Waals surface area (Å²) >= 11 is 0. The molecule has 316 valence electrons.